The number of halogens is 2. The first-order valence-corrected chi connectivity index (χ1v) is 5.70. The first-order chi connectivity index (χ1) is 9.61. The maximum Gasteiger partial charge on any atom is 0.387 e. The van der Waals surface area contributed by atoms with Crippen molar-refractivity contribution in [2.24, 2.45) is 0 Å². The van der Waals surface area contributed by atoms with Crippen molar-refractivity contribution in [1.29, 1.82) is 0 Å². The molecule has 2 rings (SSSR count). The maximum atomic E-state index is 12.2. The van der Waals surface area contributed by atoms with Crippen molar-refractivity contribution in [2.45, 2.75) is 6.61 Å². The molecule has 0 radical (unpaired) electrons. The molecule has 0 N–H and O–H groups in total. The van der Waals surface area contributed by atoms with Crippen LogP contribution in [0, 0.1) is 0 Å². The normalized spacial score (nSPS) is 10.4. The van der Waals surface area contributed by atoms with E-state index in [4.69, 9.17) is 4.74 Å². The molecule has 0 saturated heterocycles. The van der Waals surface area contributed by atoms with Gasteiger partial charge in [-0.3, -0.25) is 9.78 Å². The summed E-state index contributed by atoms with van der Waals surface area (Å²) in [6.07, 6.45) is 1.50. The third-order valence-corrected chi connectivity index (χ3v) is 2.54. The van der Waals surface area contributed by atoms with Crippen molar-refractivity contribution in [3.63, 3.8) is 0 Å². The highest BCUT2D eigenvalue weighted by Crippen LogP contribution is 2.30. The van der Waals surface area contributed by atoms with E-state index < -0.39 is 6.61 Å². The van der Waals surface area contributed by atoms with Crippen LogP contribution >= 0.6 is 0 Å². The fourth-order valence-electron chi connectivity index (χ4n) is 1.65. The minimum absolute atomic E-state index is 0.0621. The first kappa shape index (κ1) is 13.9. The number of methoxy groups -OCH3 is 1. The van der Waals surface area contributed by atoms with E-state index in [0.717, 1.165) is 0 Å². The third kappa shape index (κ3) is 3.09. The molecule has 1 heterocycles. The number of pyridine rings is 1. The van der Waals surface area contributed by atoms with E-state index in [1.807, 2.05) is 0 Å². The summed E-state index contributed by atoms with van der Waals surface area (Å²) in [4.78, 5) is 16.1. The quantitative estimate of drug-likeness (QED) is 0.790. The second kappa shape index (κ2) is 6.10. The molecule has 20 heavy (non-hydrogen) atoms. The number of hydrogen-bond acceptors (Lipinski definition) is 4. The van der Waals surface area contributed by atoms with Gasteiger partial charge in [0.2, 0.25) is 5.78 Å². The number of aromatic nitrogens is 1. The highest BCUT2D eigenvalue weighted by Gasteiger charge is 2.15. The minimum Gasteiger partial charge on any atom is -0.493 e. The molecule has 1 aromatic carbocycles. The molecule has 104 valence electrons. The maximum absolute atomic E-state index is 12.2. The number of nitrogens with zero attached hydrogens (tertiary/aromatic N) is 1. The molecule has 0 aliphatic rings. The number of ketones is 1. The predicted octanol–water partition coefficient (Wildman–Crippen LogP) is 2.92. The molecule has 1 aromatic heterocycles. The average molecular weight is 279 g/mol. The summed E-state index contributed by atoms with van der Waals surface area (Å²) in [7, 11) is 1.31. The van der Waals surface area contributed by atoms with Crippen LogP contribution in [-0.4, -0.2) is 24.5 Å². The SMILES string of the molecule is COc1cc(C(=O)c2ccccn2)ccc1OC(F)F. The van der Waals surface area contributed by atoms with Gasteiger partial charge in [-0.1, -0.05) is 6.07 Å². The molecular weight excluding hydrogens is 268 g/mol. The van der Waals surface area contributed by atoms with Gasteiger partial charge in [0.25, 0.3) is 0 Å². The summed E-state index contributed by atoms with van der Waals surface area (Å²) in [5, 5.41) is 0. The van der Waals surface area contributed by atoms with Gasteiger partial charge in [-0.25, -0.2) is 0 Å². The Morgan fingerprint density at radius 1 is 1.20 bits per heavy atom. The van der Waals surface area contributed by atoms with Crippen molar-refractivity contribution >= 4 is 5.78 Å². The Morgan fingerprint density at radius 2 is 2.00 bits per heavy atom. The van der Waals surface area contributed by atoms with Crippen LogP contribution in [0.2, 0.25) is 0 Å². The lowest BCUT2D eigenvalue weighted by atomic mass is 10.1. The van der Waals surface area contributed by atoms with Crippen LogP contribution in [0.25, 0.3) is 0 Å². The zero-order chi connectivity index (χ0) is 14.5. The lowest BCUT2D eigenvalue weighted by Gasteiger charge is -2.10. The van der Waals surface area contributed by atoms with Crippen molar-refractivity contribution in [1.82, 2.24) is 4.98 Å². The van der Waals surface area contributed by atoms with Crippen molar-refractivity contribution < 1.29 is 23.0 Å². The molecule has 6 heteroatoms. The van der Waals surface area contributed by atoms with Gasteiger partial charge in [0, 0.05) is 11.8 Å². The number of carbonyl (C=O) groups is 1. The Bertz CT molecular complexity index is 603. The summed E-state index contributed by atoms with van der Waals surface area (Å²) in [5.41, 5.74) is 0.541. The van der Waals surface area contributed by atoms with Gasteiger partial charge in [0.05, 0.1) is 7.11 Å². The van der Waals surface area contributed by atoms with Crippen molar-refractivity contribution in [3.8, 4) is 11.5 Å². The van der Waals surface area contributed by atoms with Crippen LogP contribution in [0.5, 0.6) is 11.5 Å². The van der Waals surface area contributed by atoms with Gasteiger partial charge in [-0.15, -0.1) is 0 Å². The molecule has 0 atom stereocenters. The fourth-order valence-corrected chi connectivity index (χ4v) is 1.65. The third-order valence-electron chi connectivity index (χ3n) is 2.54. The summed E-state index contributed by atoms with van der Waals surface area (Å²) < 4.78 is 33.6. The molecule has 0 unspecified atom stereocenters. The van der Waals surface area contributed by atoms with E-state index in [-0.39, 0.29) is 28.5 Å². The smallest absolute Gasteiger partial charge is 0.387 e. The summed E-state index contributed by atoms with van der Waals surface area (Å²) in [6.45, 7) is -2.96. The predicted molar refractivity (Wildman–Crippen MR) is 67.3 cm³/mol. The van der Waals surface area contributed by atoms with Gasteiger partial charge in [0.1, 0.15) is 5.69 Å². The van der Waals surface area contributed by atoms with Gasteiger partial charge in [-0.2, -0.15) is 8.78 Å². The number of rotatable bonds is 5. The molecular formula is C14H11F2NO3. The highest BCUT2D eigenvalue weighted by molar-refractivity contribution is 6.08. The lowest BCUT2D eigenvalue weighted by Crippen LogP contribution is -2.06. The first-order valence-electron chi connectivity index (χ1n) is 5.70. The summed E-state index contributed by atoms with van der Waals surface area (Å²) >= 11 is 0. The van der Waals surface area contributed by atoms with Gasteiger partial charge >= 0.3 is 6.61 Å². The Kier molecular flexibility index (Phi) is 4.24. The zero-order valence-electron chi connectivity index (χ0n) is 10.5. The number of alkyl halides is 2. The molecule has 0 amide bonds. The van der Waals surface area contributed by atoms with Crippen LogP contribution in [0.15, 0.2) is 42.6 Å². The number of benzene rings is 1. The van der Waals surface area contributed by atoms with E-state index in [1.54, 1.807) is 18.2 Å². The van der Waals surface area contributed by atoms with Crippen LogP contribution in [0.1, 0.15) is 16.1 Å². The monoisotopic (exact) mass is 279 g/mol. The van der Waals surface area contributed by atoms with Gasteiger partial charge < -0.3 is 9.47 Å². The van der Waals surface area contributed by atoms with E-state index in [1.165, 1.54) is 31.5 Å². The zero-order valence-corrected chi connectivity index (χ0v) is 10.5. The second-order valence-electron chi connectivity index (χ2n) is 3.79. The van der Waals surface area contributed by atoms with Crippen LogP contribution in [-0.2, 0) is 0 Å². The van der Waals surface area contributed by atoms with E-state index in [0.29, 0.717) is 0 Å². The average Bonchev–Trinajstić information content (AvgIpc) is 2.47. The topological polar surface area (TPSA) is 48.4 Å². The van der Waals surface area contributed by atoms with Gasteiger partial charge in [-0.05, 0) is 30.3 Å². The van der Waals surface area contributed by atoms with Crippen molar-refractivity contribution in [3.05, 3.63) is 53.9 Å². The summed E-state index contributed by atoms with van der Waals surface area (Å²) in [5.74, 6) is -0.389. The number of carbonyl (C=O) groups excluding carboxylic acids is 1. The number of hydrogen-bond donors (Lipinski definition) is 0. The Labute approximate surface area is 114 Å². The second-order valence-corrected chi connectivity index (χ2v) is 3.79. The van der Waals surface area contributed by atoms with E-state index in [9.17, 15) is 13.6 Å². The Hall–Kier alpha value is -2.50. The highest BCUT2D eigenvalue weighted by atomic mass is 19.3. The number of ether oxygens (including phenoxy) is 2. The molecule has 0 bridgehead atoms. The molecule has 0 fully saturated rings. The molecule has 0 saturated carbocycles. The lowest BCUT2D eigenvalue weighted by molar-refractivity contribution is -0.0512. The molecule has 0 spiro atoms. The van der Waals surface area contributed by atoms with Crippen LogP contribution in [0.4, 0.5) is 8.78 Å². The van der Waals surface area contributed by atoms with Crippen LogP contribution in [0.3, 0.4) is 0 Å². The van der Waals surface area contributed by atoms with Crippen molar-refractivity contribution in [2.75, 3.05) is 7.11 Å². The Morgan fingerprint density at radius 3 is 2.60 bits per heavy atom. The van der Waals surface area contributed by atoms with Gasteiger partial charge in [0.15, 0.2) is 11.5 Å². The molecule has 0 aliphatic heterocycles. The van der Waals surface area contributed by atoms with E-state index >= 15 is 0 Å². The standard InChI is InChI=1S/C14H11F2NO3/c1-19-12-8-9(5-6-11(12)20-14(15)16)13(18)10-4-2-3-7-17-10/h2-8,14H,1H3. The fraction of sp³-hybridized carbons (Fsp3) is 0.143. The molecule has 2 aromatic rings. The Balaban J connectivity index is 2.32. The van der Waals surface area contributed by atoms with Crippen LogP contribution < -0.4 is 9.47 Å². The summed E-state index contributed by atoms with van der Waals surface area (Å²) in [6, 6.07) is 8.94. The minimum atomic E-state index is -2.96. The molecule has 4 nitrogen and oxygen atoms in total. The van der Waals surface area contributed by atoms with E-state index in [2.05, 4.69) is 9.72 Å². The largest absolute Gasteiger partial charge is 0.493 e. The molecule has 0 aliphatic carbocycles.